The summed E-state index contributed by atoms with van der Waals surface area (Å²) in [6.45, 7) is 11.6. The molecule has 10 heteroatoms. The van der Waals surface area contributed by atoms with Crippen molar-refractivity contribution in [2.24, 2.45) is 10.9 Å². The molecule has 0 saturated carbocycles. The zero-order valence-electron chi connectivity index (χ0n) is 16.8. The average Bonchev–Trinajstić information content (AvgIpc) is 2.95. The zero-order chi connectivity index (χ0) is 19.3. The number of guanidine groups is 1. The van der Waals surface area contributed by atoms with Gasteiger partial charge in [0.1, 0.15) is 5.54 Å². The number of aliphatic imine (C=N–C) groups is 1. The number of rotatable bonds is 5. The van der Waals surface area contributed by atoms with Gasteiger partial charge in [0.15, 0.2) is 5.96 Å². The second-order valence-corrected chi connectivity index (χ2v) is 7.56. The molecule has 0 radical (unpaired) electrons. The molecule has 0 aromatic carbocycles. The SMILES string of the molecule is CCNC(=NCCN1CCOCC1)N1CCC(C2(C)NC(=O)NC2=O)CC1.I. The molecule has 3 aliphatic heterocycles. The van der Waals surface area contributed by atoms with Gasteiger partial charge in [0.2, 0.25) is 0 Å². The molecular formula is C18H33IN6O3. The number of carbonyl (C=O) groups excluding carboxylic acids is 2. The number of halogens is 1. The van der Waals surface area contributed by atoms with E-state index in [-0.39, 0.29) is 41.8 Å². The highest BCUT2D eigenvalue weighted by Gasteiger charge is 2.48. The minimum absolute atomic E-state index is 0. The predicted molar refractivity (Wildman–Crippen MR) is 118 cm³/mol. The van der Waals surface area contributed by atoms with Gasteiger partial charge in [-0.2, -0.15) is 0 Å². The highest BCUT2D eigenvalue weighted by Crippen LogP contribution is 2.30. The van der Waals surface area contributed by atoms with Crippen LogP contribution in [0, 0.1) is 5.92 Å². The summed E-state index contributed by atoms with van der Waals surface area (Å²) < 4.78 is 5.38. The van der Waals surface area contributed by atoms with Crippen molar-refractivity contribution in [3.05, 3.63) is 0 Å². The molecule has 9 nitrogen and oxygen atoms in total. The van der Waals surface area contributed by atoms with Crippen LogP contribution < -0.4 is 16.0 Å². The first-order chi connectivity index (χ1) is 13.0. The normalized spacial score (nSPS) is 27.2. The van der Waals surface area contributed by atoms with Crippen LogP contribution in [0.15, 0.2) is 4.99 Å². The van der Waals surface area contributed by atoms with Crippen LogP contribution >= 0.6 is 24.0 Å². The van der Waals surface area contributed by atoms with Crippen molar-refractivity contribution in [3.8, 4) is 0 Å². The van der Waals surface area contributed by atoms with Crippen LogP contribution in [-0.4, -0.2) is 92.3 Å². The number of piperidine rings is 1. The van der Waals surface area contributed by atoms with E-state index in [1.54, 1.807) is 0 Å². The third-order valence-electron chi connectivity index (χ3n) is 5.80. The Labute approximate surface area is 184 Å². The summed E-state index contributed by atoms with van der Waals surface area (Å²) in [6.07, 6.45) is 1.69. The van der Waals surface area contributed by atoms with Gasteiger partial charge < -0.3 is 20.3 Å². The first-order valence-corrected chi connectivity index (χ1v) is 10.00. The van der Waals surface area contributed by atoms with E-state index < -0.39 is 5.54 Å². The fourth-order valence-corrected chi connectivity index (χ4v) is 4.06. The Kier molecular flexibility index (Phi) is 8.75. The number of amides is 3. The van der Waals surface area contributed by atoms with Crippen molar-refractivity contribution in [1.82, 2.24) is 25.8 Å². The fourth-order valence-electron chi connectivity index (χ4n) is 4.06. The molecule has 3 fully saturated rings. The summed E-state index contributed by atoms with van der Waals surface area (Å²) in [7, 11) is 0. The molecule has 1 atom stereocenters. The molecular weight excluding hydrogens is 475 g/mol. The molecule has 3 rings (SSSR count). The lowest BCUT2D eigenvalue weighted by Gasteiger charge is -2.39. The molecule has 28 heavy (non-hydrogen) atoms. The van der Waals surface area contributed by atoms with Crippen LogP contribution in [0.1, 0.15) is 26.7 Å². The highest BCUT2D eigenvalue weighted by atomic mass is 127. The van der Waals surface area contributed by atoms with Gasteiger partial charge in [0.05, 0.1) is 19.8 Å². The van der Waals surface area contributed by atoms with Crippen molar-refractivity contribution >= 4 is 41.9 Å². The number of imide groups is 1. The van der Waals surface area contributed by atoms with Crippen molar-refractivity contribution in [1.29, 1.82) is 0 Å². The van der Waals surface area contributed by atoms with E-state index in [0.29, 0.717) is 0 Å². The summed E-state index contributed by atoms with van der Waals surface area (Å²) in [5, 5.41) is 8.56. The van der Waals surface area contributed by atoms with Gasteiger partial charge in [-0.3, -0.25) is 20.0 Å². The van der Waals surface area contributed by atoms with Crippen molar-refractivity contribution in [2.75, 3.05) is 59.0 Å². The first-order valence-electron chi connectivity index (χ1n) is 10.00. The van der Waals surface area contributed by atoms with E-state index in [2.05, 4.69) is 32.7 Å². The standard InChI is InChI=1S/C18H32N6O3.HI/c1-3-19-16(20-6-9-23-10-12-27-13-11-23)24-7-4-14(5-8-24)18(2)15(25)21-17(26)22-18;/h14H,3-13H2,1-2H3,(H,19,20)(H2,21,22,25,26);1H. The van der Waals surface area contributed by atoms with E-state index in [9.17, 15) is 9.59 Å². The Morgan fingerprint density at radius 3 is 2.50 bits per heavy atom. The van der Waals surface area contributed by atoms with Gasteiger partial charge in [-0.15, -0.1) is 24.0 Å². The Bertz CT molecular complexity index is 576. The summed E-state index contributed by atoms with van der Waals surface area (Å²) in [5.41, 5.74) is -0.797. The van der Waals surface area contributed by atoms with Crippen LogP contribution in [0.5, 0.6) is 0 Å². The summed E-state index contributed by atoms with van der Waals surface area (Å²) >= 11 is 0. The molecule has 3 aliphatic rings. The Morgan fingerprint density at radius 1 is 1.25 bits per heavy atom. The second kappa shape index (κ2) is 10.6. The molecule has 1 unspecified atom stereocenters. The third-order valence-corrected chi connectivity index (χ3v) is 5.80. The van der Waals surface area contributed by atoms with Gasteiger partial charge in [-0.1, -0.05) is 0 Å². The monoisotopic (exact) mass is 508 g/mol. The number of carbonyl (C=O) groups is 2. The lowest BCUT2D eigenvalue weighted by Crippen LogP contribution is -2.55. The first kappa shape index (κ1) is 23.1. The van der Waals surface area contributed by atoms with Gasteiger partial charge in [0.25, 0.3) is 5.91 Å². The minimum Gasteiger partial charge on any atom is -0.379 e. The van der Waals surface area contributed by atoms with Gasteiger partial charge >= 0.3 is 6.03 Å². The summed E-state index contributed by atoms with van der Waals surface area (Å²) in [4.78, 5) is 33.1. The molecule has 0 aromatic rings. The van der Waals surface area contributed by atoms with Crippen LogP contribution in [0.4, 0.5) is 4.79 Å². The molecule has 0 aliphatic carbocycles. The molecule has 160 valence electrons. The minimum atomic E-state index is -0.797. The third kappa shape index (κ3) is 5.47. The molecule has 0 aromatic heterocycles. The quantitative estimate of drug-likeness (QED) is 0.213. The van der Waals surface area contributed by atoms with Crippen molar-refractivity contribution < 1.29 is 14.3 Å². The maximum Gasteiger partial charge on any atom is 0.322 e. The number of urea groups is 1. The molecule has 3 amide bonds. The van der Waals surface area contributed by atoms with Gasteiger partial charge in [-0.25, -0.2) is 4.79 Å². The highest BCUT2D eigenvalue weighted by molar-refractivity contribution is 14.0. The van der Waals surface area contributed by atoms with Gasteiger partial charge in [-0.05, 0) is 32.6 Å². The van der Waals surface area contributed by atoms with Crippen LogP contribution in [0.25, 0.3) is 0 Å². The van der Waals surface area contributed by atoms with E-state index in [4.69, 9.17) is 9.73 Å². The van der Waals surface area contributed by atoms with Gasteiger partial charge in [0, 0.05) is 39.3 Å². The lowest BCUT2D eigenvalue weighted by molar-refractivity contribution is -0.125. The number of hydrogen-bond donors (Lipinski definition) is 3. The summed E-state index contributed by atoms with van der Waals surface area (Å²) in [6, 6.07) is -0.386. The maximum atomic E-state index is 12.2. The number of hydrogen-bond acceptors (Lipinski definition) is 5. The Balaban J connectivity index is 0.00000280. The summed E-state index contributed by atoms with van der Waals surface area (Å²) in [5.74, 6) is 0.864. The smallest absolute Gasteiger partial charge is 0.322 e. The number of morpholine rings is 1. The van der Waals surface area contributed by atoms with E-state index in [0.717, 1.165) is 77.8 Å². The number of nitrogens with one attached hydrogen (secondary N) is 3. The number of likely N-dealkylation sites (tertiary alicyclic amines) is 1. The van der Waals surface area contributed by atoms with Crippen LogP contribution in [-0.2, 0) is 9.53 Å². The number of nitrogens with zero attached hydrogens (tertiary/aromatic N) is 3. The lowest BCUT2D eigenvalue weighted by atomic mass is 9.79. The molecule has 3 N–H and O–H groups in total. The molecule has 3 heterocycles. The van der Waals surface area contributed by atoms with Crippen molar-refractivity contribution in [3.63, 3.8) is 0 Å². The predicted octanol–water partition coefficient (Wildman–Crippen LogP) is 0.212. The van der Waals surface area contributed by atoms with E-state index in [1.807, 2.05) is 6.92 Å². The molecule has 0 spiro atoms. The average molecular weight is 508 g/mol. The maximum absolute atomic E-state index is 12.2. The van der Waals surface area contributed by atoms with Crippen LogP contribution in [0.3, 0.4) is 0 Å². The fraction of sp³-hybridized carbons (Fsp3) is 0.833. The molecule has 3 saturated heterocycles. The second-order valence-electron chi connectivity index (χ2n) is 7.56. The molecule has 0 bridgehead atoms. The Morgan fingerprint density at radius 2 is 1.93 bits per heavy atom. The van der Waals surface area contributed by atoms with Crippen LogP contribution in [0.2, 0.25) is 0 Å². The van der Waals surface area contributed by atoms with E-state index in [1.165, 1.54) is 0 Å². The Hall–Kier alpha value is -1.14. The zero-order valence-corrected chi connectivity index (χ0v) is 19.2. The number of ether oxygens (including phenoxy) is 1. The topological polar surface area (TPSA) is 98.3 Å². The largest absolute Gasteiger partial charge is 0.379 e. The van der Waals surface area contributed by atoms with E-state index >= 15 is 0 Å². The van der Waals surface area contributed by atoms with Crippen molar-refractivity contribution in [2.45, 2.75) is 32.2 Å².